The maximum Gasteiger partial charge on any atom is 0.266 e. The Labute approximate surface area is 183 Å². The molecule has 1 heterocycles. The summed E-state index contributed by atoms with van der Waals surface area (Å²) in [5.74, 6) is -0.689. The number of carbonyl (C=O) groups excluding carboxylic acids is 2. The van der Waals surface area contributed by atoms with Crippen LogP contribution in [0.15, 0.2) is 70.6 Å². The standard InChI is InChI=1S/C24H20N2O4S/c1-3-30-20-13-10-15-6-4-5-7-18(15)19(20)14-21-22(27)26(2)24(31-21)25-17-11-8-16(9-12-17)23(28)29/h4-14H,3H2,1-2H3,(H,28,29)/p-1/b21-14-,25-24?. The molecule has 4 rings (SSSR count). The Hall–Kier alpha value is -3.58. The van der Waals surface area contributed by atoms with Gasteiger partial charge in [-0.1, -0.05) is 42.5 Å². The number of carboxylic acid groups (broad SMARTS) is 1. The Bertz CT molecular complexity index is 1230. The molecule has 0 spiro atoms. The topological polar surface area (TPSA) is 82.0 Å². The second-order valence-electron chi connectivity index (χ2n) is 6.84. The fourth-order valence-electron chi connectivity index (χ4n) is 3.27. The first-order valence-corrected chi connectivity index (χ1v) is 10.5. The van der Waals surface area contributed by atoms with Gasteiger partial charge in [0.2, 0.25) is 0 Å². The van der Waals surface area contributed by atoms with Gasteiger partial charge in [-0.15, -0.1) is 0 Å². The third-order valence-electron chi connectivity index (χ3n) is 4.84. The molecule has 1 amide bonds. The summed E-state index contributed by atoms with van der Waals surface area (Å²) < 4.78 is 5.81. The van der Waals surface area contributed by atoms with Gasteiger partial charge in [0.05, 0.1) is 23.2 Å². The molecule has 6 nitrogen and oxygen atoms in total. The molecular weight excluding hydrogens is 412 g/mol. The molecule has 0 aliphatic carbocycles. The van der Waals surface area contributed by atoms with Crippen molar-refractivity contribution in [3.05, 3.63) is 76.7 Å². The van der Waals surface area contributed by atoms with Crippen LogP contribution in [-0.4, -0.2) is 35.6 Å². The number of carbonyl (C=O) groups is 2. The van der Waals surface area contributed by atoms with Crippen molar-refractivity contribution < 1.29 is 19.4 Å². The Kier molecular flexibility index (Phi) is 5.77. The average molecular weight is 431 g/mol. The predicted molar refractivity (Wildman–Crippen MR) is 121 cm³/mol. The zero-order valence-corrected chi connectivity index (χ0v) is 17.8. The van der Waals surface area contributed by atoms with Gasteiger partial charge in [0.15, 0.2) is 5.17 Å². The van der Waals surface area contributed by atoms with E-state index in [1.54, 1.807) is 19.2 Å². The van der Waals surface area contributed by atoms with Gasteiger partial charge in [-0.2, -0.15) is 0 Å². The first kappa shape index (κ1) is 20.7. The van der Waals surface area contributed by atoms with Crippen LogP contribution < -0.4 is 9.84 Å². The van der Waals surface area contributed by atoms with Crippen molar-refractivity contribution in [2.45, 2.75) is 6.92 Å². The van der Waals surface area contributed by atoms with Crippen molar-refractivity contribution in [3.8, 4) is 5.75 Å². The molecule has 3 aromatic rings. The SMILES string of the molecule is CCOc1ccc2ccccc2c1/C=C1\SC(=Nc2ccc(C(=O)[O-])cc2)N(C)C1=O. The first-order chi connectivity index (χ1) is 15.0. The Morgan fingerprint density at radius 2 is 1.87 bits per heavy atom. The lowest BCUT2D eigenvalue weighted by molar-refractivity contribution is -0.255. The van der Waals surface area contributed by atoms with E-state index in [0.29, 0.717) is 28.1 Å². The predicted octanol–water partition coefficient (Wildman–Crippen LogP) is 3.84. The van der Waals surface area contributed by atoms with Gasteiger partial charge in [-0.3, -0.25) is 9.69 Å². The molecule has 1 aliphatic rings. The van der Waals surface area contributed by atoms with Gasteiger partial charge >= 0.3 is 0 Å². The van der Waals surface area contributed by atoms with Crippen LogP contribution in [-0.2, 0) is 4.79 Å². The first-order valence-electron chi connectivity index (χ1n) is 9.70. The van der Waals surface area contributed by atoms with E-state index in [-0.39, 0.29) is 11.5 Å². The van der Waals surface area contributed by atoms with E-state index in [9.17, 15) is 14.7 Å². The number of nitrogens with zero attached hydrogens (tertiary/aromatic N) is 2. The number of aliphatic imine (C=N–C) groups is 1. The molecule has 0 aromatic heterocycles. The minimum absolute atomic E-state index is 0.0763. The molecule has 0 atom stereocenters. The van der Waals surface area contributed by atoms with Gasteiger partial charge in [0.1, 0.15) is 5.75 Å². The highest BCUT2D eigenvalue weighted by Crippen LogP contribution is 2.37. The highest BCUT2D eigenvalue weighted by atomic mass is 32.2. The van der Waals surface area contributed by atoms with Crippen molar-refractivity contribution in [3.63, 3.8) is 0 Å². The maximum atomic E-state index is 12.9. The quantitative estimate of drug-likeness (QED) is 0.574. The molecule has 0 N–H and O–H groups in total. The van der Waals surface area contributed by atoms with E-state index in [4.69, 9.17) is 4.74 Å². The number of thioether (sulfide) groups is 1. The van der Waals surface area contributed by atoms with Crippen LogP contribution in [0.25, 0.3) is 16.8 Å². The van der Waals surface area contributed by atoms with Crippen LogP contribution in [0.4, 0.5) is 5.69 Å². The summed E-state index contributed by atoms with van der Waals surface area (Å²) >= 11 is 1.27. The van der Waals surface area contributed by atoms with Gasteiger partial charge in [0.25, 0.3) is 5.91 Å². The number of amidine groups is 1. The summed E-state index contributed by atoms with van der Waals surface area (Å²) in [5.41, 5.74) is 1.48. The van der Waals surface area contributed by atoms with Crippen molar-refractivity contribution in [2.75, 3.05) is 13.7 Å². The Balaban J connectivity index is 1.72. The molecule has 3 aromatic carbocycles. The fourth-order valence-corrected chi connectivity index (χ4v) is 4.24. The van der Waals surface area contributed by atoms with Crippen molar-refractivity contribution in [2.24, 2.45) is 4.99 Å². The zero-order chi connectivity index (χ0) is 22.0. The van der Waals surface area contributed by atoms with Crippen LogP contribution in [0, 0.1) is 0 Å². The monoisotopic (exact) mass is 431 g/mol. The average Bonchev–Trinajstić information content (AvgIpc) is 3.03. The number of rotatable bonds is 5. The fraction of sp³-hybridized carbons (Fsp3) is 0.125. The maximum absolute atomic E-state index is 12.9. The third-order valence-corrected chi connectivity index (χ3v) is 5.90. The molecule has 7 heteroatoms. The second kappa shape index (κ2) is 8.65. The van der Waals surface area contributed by atoms with Crippen LogP contribution >= 0.6 is 11.8 Å². The molecule has 156 valence electrons. The van der Waals surface area contributed by atoms with E-state index in [1.807, 2.05) is 49.4 Å². The molecule has 1 fully saturated rings. The van der Waals surface area contributed by atoms with Crippen LogP contribution in [0.3, 0.4) is 0 Å². The van der Waals surface area contributed by atoms with Gasteiger partial charge in [0, 0.05) is 12.6 Å². The Morgan fingerprint density at radius 3 is 2.58 bits per heavy atom. The summed E-state index contributed by atoms with van der Waals surface area (Å²) in [6, 6.07) is 17.9. The molecule has 1 saturated heterocycles. The summed E-state index contributed by atoms with van der Waals surface area (Å²) in [5, 5.41) is 13.5. The molecule has 1 aliphatic heterocycles. The molecular formula is C24H19N2O4S-. The summed E-state index contributed by atoms with van der Waals surface area (Å²) in [6.07, 6.45) is 1.85. The minimum atomic E-state index is -1.24. The number of hydrogen-bond donors (Lipinski definition) is 0. The van der Waals surface area contributed by atoms with Crippen LogP contribution in [0.5, 0.6) is 5.75 Å². The summed E-state index contributed by atoms with van der Waals surface area (Å²) in [6.45, 7) is 2.44. The lowest BCUT2D eigenvalue weighted by Crippen LogP contribution is -2.23. The number of hydrogen-bond acceptors (Lipinski definition) is 6. The van der Waals surface area contributed by atoms with Crippen LogP contribution in [0.1, 0.15) is 22.8 Å². The number of fused-ring (bicyclic) bond motifs is 1. The smallest absolute Gasteiger partial charge is 0.266 e. The van der Waals surface area contributed by atoms with Crippen molar-refractivity contribution in [1.29, 1.82) is 0 Å². The van der Waals surface area contributed by atoms with E-state index in [1.165, 1.54) is 28.8 Å². The molecule has 0 bridgehead atoms. The van der Waals surface area contributed by atoms with E-state index < -0.39 is 5.97 Å². The lowest BCUT2D eigenvalue weighted by atomic mass is 10.0. The van der Waals surface area contributed by atoms with Gasteiger partial charge in [-0.05, 0) is 59.3 Å². The van der Waals surface area contributed by atoms with E-state index >= 15 is 0 Å². The number of carboxylic acids is 1. The minimum Gasteiger partial charge on any atom is -0.545 e. The molecule has 31 heavy (non-hydrogen) atoms. The third kappa shape index (κ3) is 4.18. The number of likely N-dealkylation sites (N-methyl/N-ethyl adjacent to an activating group) is 1. The van der Waals surface area contributed by atoms with Crippen LogP contribution in [0.2, 0.25) is 0 Å². The van der Waals surface area contributed by atoms with Crippen molar-refractivity contribution >= 4 is 51.3 Å². The number of amides is 1. The molecule has 0 radical (unpaired) electrons. The highest BCUT2D eigenvalue weighted by Gasteiger charge is 2.30. The highest BCUT2D eigenvalue weighted by molar-refractivity contribution is 8.18. The normalized spacial score (nSPS) is 16.5. The van der Waals surface area contributed by atoms with E-state index in [0.717, 1.165) is 16.3 Å². The summed E-state index contributed by atoms with van der Waals surface area (Å²) in [7, 11) is 1.66. The van der Waals surface area contributed by atoms with Crippen molar-refractivity contribution in [1.82, 2.24) is 4.90 Å². The Morgan fingerprint density at radius 1 is 1.13 bits per heavy atom. The lowest BCUT2D eigenvalue weighted by Gasteiger charge is -2.11. The molecule has 0 saturated carbocycles. The second-order valence-corrected chi connectivity index (χ2v) is 7.84. The number of ether oxygens (including phenoxy) is 1. The van der Waals surface area contributed by atoms with Gasteiger partial charge in [-0.25, -0.2) is 4.99 Å². The van der Waals surface area contributed by atoms with Gasteiger partial charge < -0.3 is 14.6 Å². The largest absolute Gasteiger partial charge is 0.545 e. The molecule has 0 unspecified atom stereocenters. The number of benzene rings is 3. The summed E-state index contributed by atoms with van der Waals surface area (Å²) in [4.78, 5) is 30.3. The number of aromatic carboxylic acids is 1. The van der Waals surface area contributed by atoms with E-state index in [2.05, 4.69) is 4.99 Å². The zero-order valence-electron chi connectivity index (χ0n) is 17.0.